The molecule has 2 aromatic rings. The number of carbonyl (C=O) groups is 1. The number of halogens is 1. The largest absolute Gasteiger partial charge is 0.381 e. The number of benzene rings is 1. The van der Waals surface area contributed by atoms with Gasteiger partial charge < -0.3 is 9.64 Å². The molecule has 1 amide bonds. The van der Waals surface area contributed by atoms with Crippen LogP contribution in [0.2, 0.25) is 0 Å². The zero-order valence-electron chi connectivity index (χ0n) is 15.3. The molecule has 0 unspecified atom stereocenters. The van der Waals surface area contributed by atoms with E-state index in [2.05, 4.69) is 5.10 Å². The number of nitrogens with zero attached hydrogens (tertiary/aromatic N) is 3. The molecule has 1 atom stereocenters. The van der Waals surface area contributed by atoms with Gasteiger partial charge in [0.05, 0.1) is 18.0 Å². The van der Waals surface area contributed by atoms with Gasteiger partial charge in [0.25, 0.3) is 0 Å². The van der Waals surface area contributed by atoms with Gasteiger partial charge in [-0.2, -0.15) is 5.10 Å². The van der Waals surface area contributed by atoms with Gasteiger partial charge in [-0.05, 0) is 51.0 Å². The summed E-state index contributed by atoms with van der Waals surface area (Å²) in [6, 6.07) is 6.30. The molecule has 5 nitrogen and oxygen atoms in total. The van der Waals surface area contributed by atoms with Crippen LogP contribution in [0.25, 0.3) is 5.69 Å². The van der Waals surface area contributed by atoms with Crippen molar-refractivity contribution in [3.05, 3.63) is 47.0 Å². The molecule has 0 N–H and O–H groups in total. The molecule has 1 spiro atoms. The molecule has 1 aromatic heterocycles. The molecule has 138 valence electrons. The number of piperidine rings is 1. The van der Waals surface area contributed by atoms with Gasteiger partial charge in [0.15, 0.2) is 0 Å². The SMILES string of the molecule is Cc1nn(-c2ccc(F)cc2)c(C)c1CN1C[C@@]2(CCOC2)CCC1=O. The summed E-state index contributed by atoms with van der Waals surface area (Å²) in [4.78, 5) is 14.5. The third-order valence-corrected chi connectivity index (χ3v) is 5.79. The number of likely N-dealkylation sites (tertiary alicyclic amines) is 1. The fourth-order valence-electron chi connectivity index (χ4n) is 4.15. The Hall–Kier alpha value is -2.21. The molecule has 0 radical (unpaired) electrons. The Bertz CT molecular complexity index is 822. The number of aryl methyl sites for hydroxylation is 1. The van der Waals surface area contributed by atoms with Gasteiger partial charge in [-0.3, -0.25) is 4.79 Å². The average Bonchev–Trinajstić information content (AvgIpc) is 3.19. The number of hydrogen-bond acceptors (Lipinski definition) is 3. The van der Waals surface area contributed by atoms with Crippen LogP contribution in [0.4, 0.5) is 4.39 Å². The molecule has 2 fully saturated rings. The van der Waals surface area contributed by atoms with Gasteiger partial charge in [-0.15, -0.1) is 0 Å². The second kappa shape index (κ2) is 6.50. The predicted molar refractivity (Wildman–Crippen MR) is 95.5 cm³/mol. The highest BCUT2D eigenvalue weighted by molar-refractivity contribution is 5.77. The Morgan fingerprint density at radius 2 is 2.00 bits per heavy atom. The van der Waals surface area contributed by atoms with E-state index in [4.69, 9.17) is 4.74 Å². The summed E-state index contributed by atoms with van der Waals surface area (Å²) >= 11 is 0. The van der Waals surface area contributed by atoms with Crippen molar-refractivity contribution in [1.29, 1.82) is 0 Å². The van der Waals surface area contributed by atoms with Crippen molar-refractivity contribution in [1.82, 2.24) is 14.7 Å². The fourth-order valence-corrected chi connectivity index (χ4v) is 4.15. The summed E-state index contributed by atoms with van der Waals surface area (Å²) in [5, 5.41) is 4.62. The number of rotatable bonds is 3. The van der Waals surface area contributed by atoms with Crippen molar-refractivity contribution >= 4 is 5.91 Å². The first-order chi connectivity index (χ1) is 12.5. The van der Waals surface area contributed by atoms with Crippen molar-refractivity contribution in [3.8, 4) is 5.69 Å². The summed E-state index contributed by atoms with van der Waals surface area (Å²) < 4.78 is 20.6. The van der Waals surface area contributed by atoms with Gasteiger partial charge in [-0.25, -0.2) is 9.07 Å². The highest BCUT2D eigenvalue weighted by Gasteiger charge is 2.41. The average molecular weight is 357 g/mol. The van der Waals surface area contributed by atoms with Crippen molar-refractivity contribution < 1.29 is 13.9 Å². The van der Waals surface area contributed by atoms with Gasteiger partial charge in [0.2, 0.25) is 5.91 Å². The van der Waals surface area contributed by atoms with Crippen LogP contribution in [-0.4, -0.2) is 40.3 Å². The maximum absolute atomic E-state index is 13.2. The quantitative estimate of drug-likeness (QED) is 0.848. The molecule has 4 rings (SSSR count). The van der Waals surface area contributed by atoms with Crippen molar-refractivity contribution in [3.63, 3.8) is 0 Å². The Balaban J connectivity index is 1.60. The Morgan fingerprint density at radius 1 is 1.23 bits per heavy atom. The third kappa shape index (κ3) is 3.03. The van der Waals surface area contributed by atoms with Crippen LogP contribution in [0, 0.1) is 25.1 Å². The van der Waals surface area contributed by atoms with Crippen LogP contribution in [-0.2, 0) is 16.1 Å². The molecule has 0 bridgehead atoms. The highest BCUT2D eigenvalue weighted by Crippen LogP contribution is 2.38. The molecule has 2 aliphatic heterocycles. The molecule has 2 saturated heterocycles. The Morgan fingerprint density at radius 3 is 2.69 bits per heavy atom. The Labute approximate surface area is 152 Å². The van der Waals surface area contributed by atoms with Crippen LogP contribution < -0.4 is 0 Å². The Kier molecular flexibility index (Phi) is 4.31. The highest BCUT2D eigenvalue weighted by atomic mass is 19.1. The second-order valence-corrected chi connectivity index (χ2v) is 7.59. The van der Waals surface area contributed by atoms with Crippen molar-refractivity contribution in [2.24, 2.45) is 5.41 Å². The lowest BCUT2D eigenvalue weighted by Gasteiger charge is -2.39. The first-order valence-electron chi connectivity index (χ1n) is 9.14. The van der Waals surface area contributed by atoms with Gasteiger partial charge in [0, 0.05) is 42.8 Å². The minimum absolute atomic E-state index is 0.128. The molecule has 0 aliphatic carbocycles. The number of hydrogen-bond donors (Lipinski definition) is 0. The van der Waals surface area contributed by atoms with E-state index in [-0.39, 0.29) is 17.1 Å². The van der Waals surface area contributed by atoms with Gasteiger partial charge in [0.1, 0.15) is 5.82 Å². The lowest BCUT2D eigenvalue weighted by molar-refractivity contribution is -0.138. The molecule has 26 heavy (non-hydrogen) atoms. The fraction of sp³-hybridized carbons (Fsp3) is 0.500. The van der Waals surface area contributed by atoms with Crippen LogP contribution in [0.5, 0.6) is 0 Å². The molecule has 6 heteroatoms. The molecule has 3 heterocycles. The second-order valence-electron chi connectivity index (χ2n) is 7.59. The van der Waals surface area contributed by atoms with Gasteiger partial charge in [-0.1, -0.05) is 0 Å². The summed E-state index contributed by atoms with van der Waals surface area (Å²) in [6.45, 7) is 6.84. The van der Waals surface area contributed by atoms with E-state index in [1.54, 1.807) is 12.1 Å². The van der Waals surface area contributed by atoms with E-state index in [1.807, 2.05) is 23.4 Å². The lowest BCUT2D eigenvalue weighted by Crippen LogP contribution is -2.46. The van der Waals surface area contributed by atoms with E-state index in [0.29, 0.717) is 13.0 Å². The van der Waals surface area contributed by atoms with Crippen molar-refractivity contribution in [2.45, 2.75) is 39.7 Å². The molecular weight excluding hydrogens is 333 g/mol. The van der Waals surface area contributed by atoms with Crippen LogP contribution in [0.15, 0.2) is 24.3 Å². The summed E-state index contributed by atoms with van der Waals surface area (Å²) in [6.07, 6.45) is 2.55. The summed E-state index contributed by atoms with van der Waals surface area (Å²) in [7, 11) is 0. The van der Waals surface area contributed by atoms with E-state index < -0.39 is 0 Å². The molecular formula is C20H24FN3O2. The minimum atomic E-state index is -0.265. The van der Waals surface area contributed by atoms with Crippen LogP contribution in [0.1, 0.15) is 36.2 Å². The van der Waals surface area contributed by atoms with E-state index in [1.165, 1.54) is 12.1 Å². The van der Waals surface area contributed by atoms with E-state index in [0.717, 1.165) is 55.2 Å². The van der Waals surface area contributed by atoms with Gasteiger partial charge >= 0.3 is 0 Å². The maximum Gasteiger partial charge on any atom is 0.222 e. The molecule has 2 aliphatic rings. The third-order valence-electron chi connectivity index (χ3n) is 5.79. The summed E-state index contributed by atoms with van der Waals surface area (Å²) in [5.41, 5.74) is 3.91. The van der Waals surface area contributed by atoms with E-state index >= 15 is 0 Å². The zero-order valence-corrected chi connectivity index (χ0v) is 15.3. The summed E-state index contributed by atoms with van der Waals surface area (Å²) in [5.74, 6) is -0.0608. The maximum atomic E-state index is 13.2. The van der Waals surface area contributed by atoms with Crippen LogP contribution >= 0.6 is 0 Å². The van der Waals surface area contributed by atoms with Crippen LogP contribution in [0.3, 0.4) is 0 Å². The topological polar surface area (TPSA) is 47.4 Å². The molecule has 1 aromatic carbocycles. The monoisotopic (exact) mass is 357 g/mol. The van der Waals surface area contributed by atoms with Crippen molar-refractivity contribution in [2.75, 3.05) is 19.8 Å². The number of aromatic nitrogens is 2. The smallest absolute Gasteiger partial charge is 0.222 e. The van der Waals surface area contributed by atoms with E-state index in [9.17, 15) is 9.18 Å². The standard InChI is InChI=1S/C20H24FN3O2/c1-14-18(15(2)24(22-14)17-5-3-16(21)4-6-17)11-23-12-20(8-7-19(23)25)9-10-26-13-20/h3-6H,7-13H2,1-2H3/t20-/m0/s1. The normalized spacial score (nSPS) is 23.2. The lowest BCUT2D eigenvalue weighted by atomic mass is 9.79. The zero-order chi connectivity index (χ0) is 18.3. The number of amides is 1. The minimum Gasteiger partial charge on any atom is -0.381 e. The first-order valence-corrected chi connectivity index (χ1v) is 9.14. The predicted octanol–water partition coefficient (Wildman–Crippen LogP) is 3.16. The number of carbonyl (C=O) groups excluding carboxylic acids is 1. The molecule has 0 saturated carbocycles. The number of ether oxygens (including phenoxy) is 1. The first kappa shape index (κ1) is 17.2.